The molecule has 1 N–H and O–H groups in total. The first-order valence-corrected chi connectivity index (χ1v) is 6.87. The smallest absolute Gasteiger partial charge is 0.128 e. The first kappa shape index (κ1) is 12.8. The first-order chi connectivity index (χ1) is 8.25. The van der Waals surface area contributed by atoms with Crippen LogP contribution in [-0.4, -0.2) is 6.54 Å². The van der Waals surface area contributed by atoms with Crippen molar-refractivity contribution in [2.75, 3.05) is 6.54 Å². The summed E-state index contributed by atoms with van der Waals surface area (Å²) >= 11 is 3.25. The van der Waals surface area contributed by atoms with Gasteiger partial charge in [0, 0.05) is 16.6 Å². The molecule has 1 aliphatic rings. The van der Waals surface area contributed by atoms with Gasteiger partial charge in [-0.3, -0.25) is 0 Å². The first-order valence-electron chi connectivity index (χ1n) is 6.08. The largest absolute Gasteiger partial charge is 0.312 e. The number of hydrogen-bond donors (Lipinski definition) is 1. The van der Waals surface area contributed by atoms with Crippen LogP contribution in [0.3, 0.4) is 0 Å². The van der Waals surface area contributed by atoms with Crippen molar-refractivity contribution >= 4 is 15.9 Å². The van der Waals surface area contributed by atoms with E-state index in [1.54, 1.807) is 5.57 Å². The predicted molar refractivity (Wildman–Crippen MR) is 72.4 cm³/mol. The third-order valence-electron chi connectivity index (χ3n) is 3.09. The highest BCUT2D eigenvalue weighted by Crippen LogP contribution is 2.20. The number of benzene rings is 1. The Labute approximate surface area is 110 Å². The molecule has 3 heteroatoms. The van der Waals surface area contributed by atoms with E-state index in [9.17, 15) is 4.39 Å². The average Bonchev–Trinajstić information content (AvgIpc) is 2.79. The van der Waals surface area contributed by atoms with E-state index < -0.39 is 0 Å². The summed E-state index contributed by atoms with van der Waals surface area (Å²) in [5.74, 6) is -0.146. The predicted octanol–water partition coefficient (Wildman–Crippen LogP) is 4.18. The Morgan fingerprint density at radius 3 is 2.94 bits per heavy atom. The maximum Gasteiger partial charge on any atom is 0.128 e. The molecule has 1 aromatic carbocycles. The lowest BCUT2D eigenvalue weighted by molar-refractivity contribution is 0.586. The Balaban J connectivity index is 1.74. The van der Waals surface area contributed by atoms with E-state index in [0.29, 0.717) is 6.54 Å². The van der Waals surface area contributed by atoms with Crippen molar-refractivity contribution in [2.45, 2.75) is 32.2 Å². The Morgan fingerprint density at radius 2 is 2.24 bits per heavy atom. The van der Waals surface area contributed by atoms with E-state index >= 15 is 0 Å². The minimum absolute atomic E-state index is 0.146. The zero-order valence-corrected chi connectivity index (χ0v) is 11.4. The molecular weight excluding hydrogens is 281 g/mol. The van der Waals surface area contributed by atoms with Gasteiger partial charge in [0.05, 0.1) is 0 Å². The van der Waals surface area contributed by atoms with Gasteiger partial charge in [-0.15, -0.1) is 0 Å². The molecule has 0 heterocycles. The highest BCUT2D eigenvalue weighted by Gasteiger charge is 2.05. The molecule has 1 aromatic rings. The SMILES string of the molecule is Fc1cc(Br)ccc1CNCCC1=CCCC1. The minimum Gasteiger partial charge on any atom is -0.312 e. The summed E-state index contributed by atoms with van der Waals surface area (Å²) in [6, 6.07) is 5.21. The second kappa shape index (κ2) is 6.31. The van der Waals surface area contributed by atoms with Crippen LogP contribution in [0.1, 0.15) is 31.2 Å². The fraction of sp³-hybridized carbons (Fsp3) is 0.429. The molecule has 0 aliphatic heterocycles. The maximum atomic E-state index is 13.5. The van der Waals surface area contributed by atoms with Crippen LogP contribution < -0.4 is 5.32 Å². The second-order valence-electron chi connectivity index (χ2n) is 4.42. The molecule has 0 fully saturated rings. The summed E-state index contributed by atoms with van der Waals surface area (Å²) in [5.41, 5.74) is 2.28. The molecule has 0 saturated heterocycles. The van der Waals surface area contributed by atoms with Gasteiger partial charge in [0.25, 0.3) is 0 Å². The van der Waals surface area contributed by atoms with E-state index in [1.165, 1.54) is 25.3 Å². The van der Waals surface area contributed by atoms with Crippen LogP contribution in [0.5, 0.6) is 0 Å². The van der Waals surface area contributed by atoms with Crippen LogP contribution in [0.4, 0.5) is 4.39 Å². The van der Waals surface area contributed by atoms with Crippen molar-refractivity contribution in [3.8, 4) is 0 Å². The van der Waals surface area contributed by atoms with Crippen LogP contribution in [0, 0.1) is 5.82 Å². The molecule has 2 rings (SSSR count). The fourth-order valence-electron chi connectivity index (χ4n) is 2.10. The highest BCUT2D eigenvalue weighted by molar-refractivity contribution is 9.10. The molecular formula is C14H17BrFN. The number of rotatable bonds is 5. The van der Waals surface area contributed by atoms with Gasteiger partial charge in [-0.25, -0.2) is 4.39 Å². The van der Waals surface area contributed by atoms with Crippen molar-refractivity contribution < 1.29 is 4.39 Å². The number of hydrogen-bond acceptors (Lipinski definition) is 1. The molecule has 1 aliphatic carbocycles. The maximum absolute atomic E-state index is 13.5. The number of nitrogens with one attached hydrogen (secondary N) is 1. The van der Waals surface area contributed by atoms with E-state index in [4.69, 9.17) is 0 Å². The lowest BCUT2D eigenvalue weighted by Crippen LogP contribution is -2.16. The Morgan fingerprint density at radius 1 is 1.35 bits per heavy atom. The van der Waals surface area contributed by atoms with E-state index in [0.717, 1.165) is 23.0 Å². The standard InChI is InChI=1S/C14H17BrFN/c15-13-6-5-12(14(16)9-13)10-17-8-7-11-3-1-2-4-11/h3,5-6,9,17H,1-2,4,7-8,10H2. The molecule has 17 heavy (non-hydrogen) atoms. The van der Waals surface area contributed by atoms with Crippen LogP contribution in [-0.2, 0) is 6.54 Å². The van der Waals surface area contributed by atoms with Crippen LogP contribution in [0.2, 0.25) is 0 Å². The Bertz CT molecular complexity index is 415. The van der Waals surface area contributed by atoms with Gasteiger partial charge < -0.3 is 5.32 Å². The molecule has 0 bridgehead atoms. The molecule has 0 amide bonds. The van der Waals surface area contributed by atoms with Crippen LogP contribution in [0.15, 0.2) is 34.3 Å². The molecule has 0 spiro atoms. The molecule has 1 nitrogen and oxygen atoms in total. The second-order valence-corrected chi connectivity index (χ2v) is 5.33. The third-order valence-corrected chi connectivity index (χ3v) is 3.58. The topological polar surface area (TPSA) is 12.0 Å². The summed E-state index contributed by atoms with van der Waals surface area (Å²) < 4.78 is 14.3. The van der Waals surface area contributed by atoms with E-state index in [1.807, 2.05) is 12.1 Å². The van der Waals surface area contributed by atoms with E-state index in [-0.39, 0.29) is 5.82 Å². The van der Waals surface area contributed by atoms with Crippen LogP contribution in [0.25, 0.3) is 0 Å². The quantitative estimate of drug-likeness (QED) is 0.635. The summed E-state index contributed by atoms with van der Waals surface area (Å²) in [6.07, 6.45) is 7.21. The molecule has 92 valence electrons. The molecule has 0 saturated carbocycles. The monoisotopic (exact) mass is 297 g/mol. The van der Waals surface area contributed by atoms with Gasteiger partial charge in [0.15, 0.2) is 0 Å². The molecule has 0 radical (unpaired) electrons. The van der Waals surface area contributed by atoms with Crippen molar-refractivity contribution in [3.05, 3.63) is 45.7 Å². The summed E-state index contributed by atoms with van der Waals surface area (Å²) in [5, 5.41) is 3.29. The van der Waals surface area contributed by atoms with Gasteiger partial charge in [-0.05, 0) is 44.4 Å². The summed E-state index contributed by atoms with van der Waals surface area (Å²) in [6.45, 7) is 1.54. The van der Waals surface area contributed by atoms with Crippen molar-refractivity contribution in [1.82, 2.24) is 5.32 Å². The lowest BCUT2D eigenvalue weighted by Gasteiger charge is -2.07. The number of allylic oxidation sites excluding steroid dienone is 1. The summed E-state index contributed by atoms with van der Waals surface area (Å²) in [4.78, 5) is 0. The lowest BCUT2D eigenvalue weighted by atomic mass is 10.1. The number of halogens is 2. The van der Waals surface area contributed by atoms with Gasteiger partial charge in [0.2, 0.25) is 0 Å². The van der Waals surface area contributed by atoms with Crippen molar-refractivity contribution in [3.63, 3.8) is 0 Å². The van der Waals surface area contributed by atoms with Crippen molar-refractivity contribution in [2.24, 2.45) is 0 Å². The van der Waals surface area contributed by atoms with Crippen molar-refractivity contribution in [1.29, 1.82) is 0 Å². The van der Waals surface area contributed by atoms with Crippen LogP contribution >= 0.6 is 15.9 Å². The molecule has 0 aromatic heterocycles. The Kier molecular flexibility index (Phi) is 4.75. The average molecular weight is 298 g/mol. The van der Waals surface area contributed by atoms with Gasteiger partial charge in [-0.1, -0.05) is 33.6 Å². The Hall–Kier alpha value is -0.670. The summed E-state index contributed by atoms with van der Waals surface area (Å²) in [7, 11) is 0. The normalized spacial score (nSPS) is 15.1. The minimum atomic E-state index is -0.146. The molecule has 0 atom stereocenters. The zero-order chi connectivity index (χ0) is 12.1. The fourth-order valence-corrected chi connectivity index (χ4v) is 2.43. The third kappa shape index (κ3) is 3.93. The van der Waals surface area contributed by atoms with Gasteiger partial charge in [0.1, 0.15) is 5.82 Å². The molecule has 0 unspecified atom stereocenters. The highest BCUT2D eigenvalue weighted by atomic mass is 79.9. The zero-order valence-electron chi connectivity index (χ0n) is 9.81. The van der Waals surface area contributed by atoms with E-state index in [2.05, 4.69) is 27.3 Å². The van der Waals surface area contributed by atoms with Gasteiger partial charge in [-0.2, -0.15) is 0 Å². The van der Waals surface area contributed by atoms with Gasteiger partial charge >= 0.3 is 0 Å².